The van der Waals surface area contributed by atoms with E-state index < -0.39 is 21.4 Å². The predicted octanol–water partition coefficient (Wildman–Crippen LogP) is 3.91. The summed E-state index contributed by atoms with van der Waals surface area (Å²) in [7, 11) is -5.68. The molecular formula is C14H25F3NO3S-. The normalized spacial score (nSPS) is 13.5. The van der Waals surface area contributed by atoms with Crippen molar-refractivity contribution in [1.29, 1.82) is 0 Å². The van der Waals surface area contributed by atoms with Gasteiger partial charge in [-0.3, -0.25) is 0 Å². The molecule has 0 aromatic heterocycles. The van der Waals surface area contributed by atoms with Crippen LogP contribution in [0.2, 0.25) is 0 Å². The number of sulfonamides is 1. The summed E-state index contributed by atoms with van der Waals surface area (Å²) in [5, 5.41) is 11.1. The second-order valence-corrected chi connectivity index (χ2v) is 6.93. The fourth-order valence-corrected chi connectivity index (χ4v) is 2.46. The lowest BCUT2D eigenvalue weighted by molar-refractivity contribution is -0.218. The Hall–Kier alpha value is -0.790. The third-order valence-corrected chi connectivity index (χ3v) is 4.29. The number of hydrogen-bond acceptors (Lipinski definition) is 3. The van der Waals surface area contributed by atoms with Crippen LogP contribution in [0.4, 0.5) is 13.2 Å². The average Bonchev–Trinajstić information content (AvgIpc) is 2.39. The summed E-state index contributed by atoms with van der Waals surface area (Å²) in [5.41, 5.74) is -5.50. The van der Waals surface area contributed by atoms with Gasteiger partial charge in [0.15, 0.2) is 0 Å². The molecule has 0 aliphatic heterocycles. The van der Waals surface area contributed by atoms with Gasteiger partial charge < -0.3 is 5.11 Å². The van der Waals surface area contributed by atoms with Crippen LogP contribution in [0.1, 0.15) is 77.6 Å². The minimum absolute atomic E-state index is 0.258. The van der Waals surface area contributed by atoms with Gasteiger partial charge in [-0.1, -0.05) is 64.7 Å². The minimum atomic E-state index is -5.68. The summed E-state index contributed by atoms with van der Waals surface area (Å²) in [6.45, 7) is 2.16. The van der Waals surface area contributed by atoms with Crippen molar-refractivity contribution in [2.75, 3.05) is 0 Å². The van der Waals surface area contributed by atoms with E-state index in [1.54, 1.807) is 0 Å². The summed E-state index contributed by atoms with van der Waals surface area (Å²) in [6.07, 6.45) is 9.96. The summed E-state index contributed by atoms with van der Waals surface area (Å²) in [6, 6.07) is 0. The SMILES string of the molecule is CCCCCCCCCCCC/C([O-])=N/S(=O)(=O)C(F)(F)F. The van der Waals surface area contributed by atoms with Gasteiger partial charge in [-0.25, -0.2) is 0 Å². The van der Waals surface area contributed by atoms with Crippen molar-refractivity contribution in [1.82, 2.24) is 0 Å². The van der Waals surface area contributed by atoms with Crippen LogP contribution in [0.15, 0.2) is 4.40 Å². The highest BCUT2D eigenvalue weighted by Gasteiger charge is 2.45. The quantitative estimate of drug-likeness (QED) is 0.306. The van der Waals surface area contributed by atoms with E-state index in [0.29, 0.717) is 12.8 Å². The van der Waals surface area contributed by atoms with Crippen LogP contribution >= 0.6 is 0 Å². The first kappa shape index (κ1) is 21.2. The van der Waals surface area contributed by atoms with Crippen molar-refractivity contribution in [2.45, 2.75) is 83.1 Å². The molecule has 132 valence electrons. The molecule has 0 amide bonds. The lowest BCUT2D eigenvalue weighted by Gasteiger charge is -2.11. The summed E-state index contributed by atoms with van der Waals surface area (Å²) in [4.78, 5) is 0. The molecule has 0 rings (SSSR count). The molecule has 0 unspecified atom stereocenters. The van der Waals surface area contributed by atoms with Crippen molar-refractivity contribution >= 4 is 15.9 Å². The lowest BCUT2D eigenvalue weighted by atomic mass is 10.1. The van der Waals surface area contributed by atoms with Gasteiger partial charge in [0.2, 0.25) is 0 Å². The van der Waals surface area contributed by atoms with E-state index in [2.05, 4.69) is 11.3 Å². The Bertz CT molecular complexity index is 420. The Morgan fingerprint density at radius 1 is 0.909 bits per heavy atom. The first-order valence-corrected chi connectivity index (χ1v) is 9.22. The van der Waals surface area contributed by atoms with Crippen molar-refractivity contribution in [3.63, 3.8) is 0 Å². The van der Waals surface area contributed by atoms with E-state index in [-0.39, 0.29) is 6.42 Å². The molecule has 0 N–H and O–H groups in total. The lowest BCUT2D eigenvalue weighted by Crippen LogP contribution is -2.26. The minimum Gasteiger partial charge on any atom is -0.861 e. The molecule has 0 saturated heterocycles. The van der Waals surface area contributed by atoms with Gasteiger partial charge in [-0.2, -0.15) is 26.0 Å². The van der Waals surface area contributed by atoms with E-state index >= 15 is 0 Å². The van der Waals surface area contributed by atoms with Crippen molar-refractivity contribution < 1.29 is 26.7 Å². The Morgan fingerprint density at radius 2 is 1.32 bits per heavy atom. The van der Waals surface area contributed by atoms with Crippen LogP contribution in [-0.2, 0) is 10.0 Å². The Kier molecular flexibility index (Phi) is 10.5. The summed E-state index contributed by atoms with van der Waals surface area (Å²) < 4.78 is 59.5. The average molecular weight is 344 g/mol. The van der Waals surface area contributed by atoms with E-state index in [1.807, 2.05) is 0 Å². The fraction of sp³-hybridized carbons (Fsp3) is 0.929. The molecule has 0 heterocycles. The summed E-state index contributed by atoms with van der Waals surface area (Å²) >= 11 is 0. The molecule has 0 aliphatic rings. The maximum Gasteiger partial charge on any atom is 0.518 e. The highest BCUT2D eigenvalue weighted by molar-refractivity contribution is 7.91. The van der Waals surface area contributed by atoms with Gasteiger partial charge in [0.05, 0.1) is 0 Å². The third-order valence-electron chi connectivity index (χ3n) is 3.26. The first-order chi connectivity index (χ1) is 10.2. The fourth-order valence-electron chi connectivity index (χ4n) is 2.00. The maximum absolute atomic E-state index is 12.0. The number of unbranched alkanes of at least 4 members (excludes halogenated alkanes) is 9. The van der Waals surface area contributed by atoms with Crippen LogP contribution in [0.3, 0.4) is 0 Å². The Morgan fingerprint density at radius 3 is 1.73 bits per heavy atom. The zero-order valence-electron chi connectivity index (χ0n) is 13.0. The van der Waals surface area contributed by atoms with Gasteiger partial charge in [0.25, 0.3) is 0 Å². The van der Waals surface area contributed by atoms with E-state index in [1.165, 1.54) is 32.1 Å². The molecule has 0 aromatic carbocycles. The van der Waals surface area contributed by atoms with Gasteiger partial charge in [0.1, 0.15) is 0 Å². The van der Waals surface area contributed by atoms with E-state index in [9.17, 15) is 26.7 Å². The number of halogens is 3. The topological polar surface area (TPSA) is 69.6 Å². The highest BCUT2D eigenvalue weighted by Crippen LogP contribution is 2.24. The largest absolute Gasteiger partial charge is 0.861 e. The summed E-state index contributed by atoms with van der Waals surface area (Å²) in [5.74, 6) is -1.23. The number of nitrogens with zero attached hydrogens (tertiary/aromatic N) is 1. The van der Waals surface area contributed by atoms with Crippen LogP contribution in [0.25, 0.3) is 0 Å². The highest BCUT2D eigenvalue weighted by atomic mass is 32.2. The van der Waals surface area contributed by atoms with Crippen molar-refractivity contribution in [2.24, 2.45) is 4.40 Å². The van der Waals surface area contributed by atoms with Gasteiger partial charge >= 0.3 is 15.5 Å². The van der Waals surface area contributed by atoms with Crippen LogP contribution in [0, 0.1) is 0 Å². The maximum atomic E-state index is 12.0. The number of rotatable bonds is 12. The zero-order chi connectivity index (χ0) is 17.1. The molecule has 0 saturated carbocycles. The standard InChI is InChI=1S/C14H26F3NO3S/c1-2-3-4-5-6-7-8-9-10-11-12-13(19)18-22(20,21)14(15,16)17/h2-12H2,1H3,(H,18,19)/p-1. The molecule has 8 heteroatoms. The Balaban J connectivity index is 3.72. The van der Waals surface area contributed by atoms with E-state index in [4.69, 9.17) is 0 Å². The molecule has 0 fully saturated rings. The van der Waals surface area contributed by atoms with Gasteiger partial charge in [0, 0.05) is 0 Å². The molecule has 22 heavy (non-hydrogen) atoms. The van der Waals surface area contributed by atoms with Crippen molar-refractivity contribution in [3.8, 4) is 0 Å². The van der Waals surface area contributed by atoms with Crippen LogP contribution in [0.5, 0.6) is 0 Å². The van der Waals surface area contributed by atoms with Crippen molar-refractivity contribution in [3.05, 3.63) is 0 Å². The number of hydrogen-bond donors (Lipinski definition) is 0. The molecule has 0 atom stereocenters. The number of alkyl halides is 3. The predicted molar refractivity (Wildman–Crippen MR) is 78.9 cm³/mol. The second-order valence-electron chi connectivity index (χ2n) is 5.34. The second kappa shape index (κ2) is 10.9. The van der Waals surface area contributed by atoms with Gasteiger partial charge in [-0.05, 0) is 18.7 Å². The Labute approximate surface area is 130 Å². The molecule has 4 nitrogen and oxygen atoms in total. The van der Waals surface area contributed by atoms with Crippen LogP contribution in [-0.4, -0.2) is 19.8 Å². The first-order valence-electron chi connectivity index (χ1n) is 7.78. The van der Waals surface area contributed by atoms with E-state index in [0.717, 1.165) is 19.3 Å². The molecular weight excluding hydrogens is 319 g/mol. The molecule has 0 aliphatic carbocycles. The smallest absolute Gasteiger partial charge is 0.518 e. The molecule has 0 radical (unpaired) electrons. The van der Waals surface area contributed by atoms with Crippen LogP contribution < -0.4 is 5.11 Å². The third kappa shape index (κ3) is 10.0. The van der Waals surface area contributed by atoms with Gasteiger partial charge in [-0.15, -0.1) is 0 Å². The molecule has 0 aromatic rings. The monoisotopic (exact) mass is 344 g/mol. The molecule has 0 bridgehead atoms. The molecule has 0 spiro atoms. The zero-order valence-corrected chi connectivity index (χ0v) is 13.8.